The number of hydrogen-bond acceptors (Lipinski definition) is 1. The summed E-state index contributed by atoms with van der Waals surface area (Å²) in [6, 6.07) is 0. The first-order chi connectivity index (χ1) is 6.70. The third-order valence-electron chi connectivity index (χ3n) is 2.56. The van der Waals surface area contributed by atoms with E-state index < -0.39 is 0 Å². The molecule has 0 aromatic heterocycles. The summed E-state index contributed by atoms with van der Waals surface area (Å²) in [6.45, 7) is 10.7. The average molecular weight is 195 g/mol. The van der Waals surface area contributed by atoms with Crippen LogP contribution in [0.15, 0.2) is 24.8 Å². The van der Waals surface area contributed by atoms with Crippen LogP contribution in [0, 0.1) is 5.92 Å². The van der Waals surface area contributed by atoms with Crippen LogP contribution < -0.4 is 5.73 Å². The van der Waals surface area contributed by atoms with Crippen LogP contribution in [0.2, 0.25) is 0 Å². The second kappa shape index (κ2) is 9.01. The largest absolute Gasteiger partial charge is 0.330 e. The molecule has 1 atom stereocenters. The van der Waals surface area contributed by atoms with Crippen molar-refractivity contribution in [2.45, 2.75) is 45.4 Å². The van der Waals surface area contributed by atoms with E-state index in [4.69, 9.17) is 5.73 Å². The van der Waals surface area contributed by atoms with Crippen LogP contribution in [0.3, 0.4) is 0 Å². The molecule has 0 aliphatic carbocycles. The SMILES string of the molecule is C=CCC(=C)CCCCCC(C)CN. The van der Waals surface area contributed by atoms with E-state index in [1.165, 1.54) is 31.3 Å². The number of allylic oxidation sites excluding steroid dienone is 2. The second-order valence-electron chi connectivity index (χ2n) is 4.18. The molecule has 2 N–H and O–H groups in total. The summed E-state index contributed by atoms with van der Waals surface area (Å²) in [7, 11) is 0. The van der Waals surface area contributed by atoms with Gasteiger partial charge in [-0.05, 0) is 38.1 Å². The van der Waals surface area contributed by atoms with Gasteiger partial charge in [0.05, 0.1) is 0 Å². The van der Waals surface area contributed by atoms with E-state index in [-0.39, 0.29) is 0 Å². The molecule has 0 saturated carbocycles. The Morgan fingerprint density at radius 2 is 2.07 bits per heavy atom. The molecule has 82 valence electrons. The zero-order valence-electron chi connectivity index (χ0n) is 9.60. The summed E-state index contributed by atoms with van der Waals surface area (Å²) in [6.07, 6.45) is 9.20. The summed E-state index contributed by atoms with van der Waals surface area (Å²) in [5, 5.41) is 0. The first-order valence-corrected chi connectivity index (χ1v) is 5.68. The van der Waals surface area contributed by atoms with E-state index in [0.717, 1.165) is 19.4 Å². The lowest BCUT2D eigenvalue weighted by Gasteiger charge is -2.07. The normalized spacial score (nSPS) is 12.4. The summed E-state index contributed by atoms with van der Waals surface area (Å²) in [5.41, 5.74) is 6.86. The molecular formula is C13H25N. The van der Waals surface area contributed by atoms with Gasteiger partial charge in [0.2, 0.25) is 0 Å². The van der Waals surface area contributed by atoms with Crippen molar-refractivity contribution < 1.29 is 0 Å². The van der Waals surface area contributed by atoms with Crippen LogP contribution >= 0.6 is 0 Å². The molecule has 0 saturated heterocycles. The molecule has 1 unspecified atom stereocenters. The maximum atomic E-state index is 5.55. The van der Waals surface area contributed by atoms with Crippen molar-refractivity contribution in [3.05, 3.63) is 24.8 Å². The fraction of sp³-hybridized carbons (Fsp3) is 0.692. The van der Waals surface area contributed by atoms with E-state index in [2.05, 4.69) is 20.1 Å². The third kappa shape index (κ3) is 8.06. The zero-order valence-corrected chi connectivity index (χ0v) is 9.60. The minimum absolute atomic E-state index is 0.686. The molecule has 0 bridgehead atoms. The van der Waals surface area contributed by atoms with E-state index in [0.29, 0.717) is 5.92 Å². The highest BCUT2D eigenvalue weighted by molar-refractivity contribution is 4.99. The van der Waals surface area contributed by atoms with Gasteiger partial charge in [-0.1, -0.05) is 38.0 Å². The van der Waals surface area contributed by atoms with Gasteiger partial charge in [0.15, 0.2) is 0 Å². The maximum Gasteiger partial charge on any atom is -0.00515 e. The monoisotopic (exact) mass is 195 g/mol. The molecule has 0 fully saturated rings. The summed E-state index contributed by atoms with van der Waals surface area (Å²) in [5.74, 6) is 0.686. The van der Waals surface area contributed by atoms with Gasteiger partial charge in [0.25, 0.3) is 0 Å². The lowest BCUT2D eigenvalue weighted by atomic mass is 10.0. The highest BCUT2D eigenvalue weighted by atomic mass is 14.5. The Labute approximate surface area is 89.1 Å². The van der Waals surface area contributed by atoms with Crippen LogP contribution in [0.1, 0.15) is 45.4 Å². The summed E-state index contributed by atoms with van der Waals surface area (Å²) in [4.78, 5) is 0. The van der Waals surface area contributed by atoms with Gasteiger partial charge < -0.3 is 5.73 Å². The molecule has 1 nitrogen and oxygen atoms in total. The van der Waals surface area contributed by atoms with Crippen molar-refractivity contribution in [1.82, 2.24) is 0 Å². The molecule has 0 amide bonds. The van der Waals surface area contributed by atoms with E-state index >= 15 is 0 Å². The lowest BCUT2D eigenvalue weighted by Crippen LogP contribution is -2.10. The second-order valence-corrected chi connectivity index (χ2v) is 4.18. The first kappa shape index (κ1) is 13.4. The number of unbranched alkanes of at least 4 members (excludes halogenated alkanes) is 2. The fourth-order valence-electron chi connectivity index (χ4n) is 1.47. The zero-order chi connectivity index (χ0) is 10.8. The van der Waals surface area contributed by atoms with Crippen molar-refractivity contribution in [2.24, 2.45) is 11.7 Å². The molecule has 0 aromatic carbocycles. The van der Waals surface area contributed by atoms with Crippen molar-refractivity contribution in [1.29, 1.82) is 0 Å². The van der Waals surface area contributed by atoms with Gasteiger partial charge >= 0.3 is 0 Å². The van der Waals surface area contributed by atoms with Gasteiger partial charge in [-0.2, -0.15) is 0 Å². The molecule has 0 aromatic rings. The van der Waals surface area contributed by atoms with Crippen molar-refractivity contribution in [3.8, 4) is 0 Å². The molecule has 0 spiro atoms. The van der Waals surface area contributed by atoms with E-state index in [1.54, 1.807) is 0 Å². The average Bonchev–Trinajstić information content (AvgIpc) is 2.17. The van der Waals surface area contributed by atoms with Gasteiger partial charge in [0.1, 0.15) is 0 Å². The highest BCUT2D eigenvalue weighted by Gasteiger charge is 1.98. The van der Waals surface area contributed by atoms with Crippen LogP contribution in [-0.2, 0) is 0 Å². The topological polar surface area (TPSA) is 26.0 Å². The fourth-order valence-corrected chi connectivity index (χ4v) is 1.47. The van der Waals surface area contributed by atoms with Gasteiger partial charge in [-0.15, -0.1) is 6.58 Å². The van der Waals surface area contributed by atoms with Crippen LogP contribution in [-0.4, -0.2) is 6.54 Å². The molecular weight excluding hydrogens is 170 g/mol. The lowest BCUT2D eigenvalue weighted by molar-refractivity contribution is 0.499. The highest BCUT2D eigenvalue weighted by Crippen LogP contribution is 2.13. The molecule has 0 heterocycles. The molecule has 0 rings (SSSR count). The van der Waals surface area contributed by atoms with Crippen molar-refractivity contribution >= 4 is 0 Å². The molecule has 14 heavy (non-hydrogen) atoms. The molecule has 1 heteroatoms. The molecule has 0 aliphatic rings. The predicted octanol–water partition coefficient (Wildman–Crippen LogP) is 3.66. The third-order valence-corrected chi connectivity index (χ3v) is 2.56. The summed E-state index contributed by atoms with van der Waals surface area (Å²) >= 11 is 0. The maximum absolute atomic E-state index is 5.55. The van der Waals surface area contributed by atoms with E-state index in [1.807, 2.05) is 6.08 Å². The van der Waals surface area contributed by atoms with Crippen LogP contribution in [0.25, 0.3) is 0 Å². The summed E-state index contributed by atoms with van der Waals surface area (Å²) < 4.78 is 0. The Kier molecular flexibility index (Phi) is 8.65. The Balaban J connectivity index is 3.21. The Hall–Kier alpha value is -0.560. The van der Waals surface area contributed by atoms with E-state index in [9.17, 15) is 0 Å². The Morgan fingerprint density at radius 1 is 1.36 bits per heavy atom. The Morgan fingerprint density at radius 3 is 2.64 bits per heavy atom. The first-order valence-electron chi connectivity index (χ1n) is 5.68. The quantitative estimate of drug-likeness (QED) is 0.441. The van der Waals surface area contributed by atoms with Gasteiger partial charge in [-0.25, -0.2) is 0 Å². The predicted molar refractivity (Wildman–Crippen MR) is 65.3 cm³/mol. The molecule has 0 radical (unpaired) electrons. The van der Waals surface area contributed by atoms with Crippen LogP contribution in [0.4, 0.5) is 0 Å². The molecule has 0 aliphatic heterocycles. The van der Waals surface area contributed by atoms with Crippen molar-refractivity contribution in [3.63, 3.8) is 0 Å². The number of nitrogens with two attached hydrogens (primary N) is 1. The standard InChI is InChI=1S/C13H25N/c1-4-8-12(2)9-6-5-7-10-13(3)11-14/h4,13H,1-2,5-11,14H2,3H3. The minimum Gasteiger partial charge on any atom is -0.330 e. The van der Waals surface area contributed by atoms with Crippen LogP contribution in [0.5, 0.6) is 0 Å². The number of rotatable bonds is 9. The van der Waals surface area contributed by atoms with Crippen molar-refractivity contribution in [2.75, 3.05) is 6.54 Å². The van der Waals surface area contributed by atoms with Gasteiger partial charge in [0, 0.05) is 0 Å². The minimum atomic E-state index is 0.686. The van der Waals surface area contributed by atoms with Gasteiger partial charge in [-0.3, -0.25) is 0 Å². The Bertz CT molecular complexity index is 161. The number of hydrogen-bond donors (Lipinski definition) is 1. The smallest absolute Gasteiger partial charge is 0.00515 e.